The number of nitrogens with one attached hydrogen (secondary N) is 1. The van der Waals surface area contributed by atoms with Gasteiger partial charge in [0.15, 0.2) is 5.82 Å². The summed E-state index contributed by atoms with van der Waals surface area (Å²) in [7, 11) is 3.44. The minimum Gasteiger partial charge on any atom is -0.496 e. The Morgan fingerprint density at radius 1 is 1.12 bits per heavy atom. The fourth-order valence-electron chi connectivity index (χ4n) is 7.19. The van der Waals surface area contributed by atoms with Crippen LogP contribution in [0.5, 0.6) is 11.5 Å². The fourth-order valence-corrected chi connectivity index (χ4v) is 7.19. The van der Waals surface area contributed by atoms with Crippen molar-refractivity contribution in [1.29, 1.82) is 0 Å². The molecule has 3 aromatic rings. The molecule has 11 nitrogen and oxygen atoms in total. The Morgan fingerprint density at radius 2 is 1.92 bits per heavy atom. The number of rotatable bonds is 7. The predicted molar refractivity (Wildman–Crippen MR) is 181 cm³/mol. The lowest BCUT2D eigenvalue weighted by molar-refractivity contribution is -0.150. The van der Waals surface area contributed by atoms with Gasteiger partial charge in [0.05, 0.1) is 36.8 Å². The van der Waals surface area contributed by atoms with Gasteiger partial charge in [-0.2, -0.15) is 5.10 Å². The van der Waals surface area contributed by atoms with Crippen LogP contribution in [0.1, 0.15) is 76.5 Å². The Balaban J connectivity index is 1.34. The second-order valence-corrected chi connectivity index (χ2v) is 13.7. The molecule has 2 amide bonds. The van der Waals surface area contributed by atoms with Crippen molar-refractivity contribution in [3.63, 3.8) is 0 Å². The number of ether oxygens (including phenoxy) is 3. The summed E-state index contributed by atoms with van der Waals surface area (Å²) >= 11 is 0. The van der Waals surface area contributed by atoms with Crippen molar-refractivity contribution in [2.75, 3.05) is 27.3 Å². The summed E-state index contributed by atoms with van der Waals surface area (Å²) in [4.78, 5) is 47.9. The van der Waals surface area contributed by atoms with Crippen molar-refractivity contribution in [3.05, 3.63) is 53.9 Å². The Kier molecular flexibility index (Phi) is 9.49. The van der Waals surface area contributed by atoms with E-state index in [-0.39, 0.29) is 30.3 Å². The Bertz CT molecular complexity index is 1730. The summed E-state index contributed by atoms with van der Waals surface area (Å²) in [5.74, 6) is -0.0626. The molecule has 0 unspecified atom stereocenters. The maximum atomic E-state index is 14.1. The molecular formula is C37H47N5O6. The van der Waals surface area contributed by atoms with Crippen LogP contribution < -0.4 is 14.8 Å². The van der Waals surface area contributed by atoms with Gasteiger partial charge in [0, 0.05) is 42.7 Å². The lowest BCUT2D eigenvalue weighted by Crippen LogP contribution is -2.50. The van der Waals surface area contributed by atoms with E-state index in [9.17, 15) is 14.4 Å². The molecule has 3 heterocycles. The van der Waals surface area contributed by atoms with Crippen LogP contribution in [0.4, 0.5) is 0 Å². The van der Waals surface area contributed by atoms with Crippen LogP contribution in [0.2, 0.25) is 0 Å². The van der Waals surface area contributed by atoms with Crippen molar-refractivity contribution in [2.24, 2.45) is 17.8 Å². The Labute approximate surface area is 282 Å². The molecule has 0 radical (unpaired) electrons. The smallest absolute Gasteiger partial charge is 0.332 e. The lowest BCUT2D eigenvalue weighted by atomic mass is 9.93. The first kappa shape index (κ1) is 33.5. The molecular weight excluding hydrogens is 610 g/mol. The maximum absolute atomic E-state index is 14.1. The summed E-state index contributed by atoms with van der Waals surface area (Å²) in [5.41, 5.74) is 1.43. The van der Waals surface area contributed by atoms with Gasteiger partial charge in [-0.3, -0.25) is 9.59 Å². The zero-order valence-corrected chi connectivity index (χ0v) is 28.8. The number of nitrogens with zero attached hydrogens (tertiary/aromatic N) is 4. The molecule has 1 N–H and O–H groups in total. The minimum absolute atomic E-state index is 0.0787. The molecule has 11 heteroatoms. The predicted octanol–water partition coefficient (Wildman–Crippen LogP) is 5.27. The van der Waals surface area contributed by atoms with Crippen molar-refractivity contribution in [1.82, 2.24) is 25.0 Å². The molecule has 2 aromatic heterocycles. The van der Waals surface area contributed by atoms with E-state index >= 15 is 0 Å². The average molecular weight is 658 g/mol. The SMILES string of the molecule is CCOC(=O)[C@@]12C[C@H]1C=CCCCCN(C)C(=O)[C@@H]1C[C@H](Oc3cc(-n4ccc(C(C)C)n4)nc4c(C)c(OC)ccc34)C[C@H]1C(=O)N2. The zero-order chi connectivity index (χ0) is 34.2. The van der Waals surface area contributed by atoms with E-state index in [1.807, 2.05) is 43.5 Å². The minimum atomic E-state index is -1.10. The molecule has 0 bridgehead atoms. The van der Waals surface area contributed by atoms with E-state index in [0.717, 1.165) is 41.4 Å². The maximum Gasteiger partial charge on any atom is 0.332 e. The highest BCUT2D eigenvalue weighted by Crippen LogP contribution is 2.47. The highest BCUT2D eigenvalue weighted by atomic mass is 16.5. The van der Waals surface area contributed by atoms with Gasteiger partial charge < -0.3 is 24.4 Å². The quantitative estimate of drug-likeness (QED) is 0.269. The van der Waals surface area contributed by atoms with E-state index < -0.39 is 29.4 Å². The third kappa shape index (κ3) is 6.39. The standard InChI is InChI=1S/C37H47N5O6/c1-7-47-36(45)37-21-24(37)12-10-8-9-11-16-41(5)35(44)28-19-25(18-27(28)34(43)39-37)48-31-20-32(42-17-15-29(40-42)22(2)3)38-33-23(4)30(46-6)14-13-26(31)33/h10,12-15,17,20,22,24-25,27-28H,7-9,11,16,18-19,21H2,1-6H3,(H,39,43)/t24-,25-,27-,28-,37-/m1/s1. The van der Waals surface area contributed by atoms with Crippen LogP contribution in [0, 0.1) is 24.7 Å². The van der Waals surface area contributed by atoms with Gasteiger partial charge in [-0.05, 0) is 76.5 Å². The molecule has 5 atom stereocenters. The molecule has 2 aliphatic carbocycles. The summed E-state index contributed by atoms with van der Waals surface area (Å²) in [5, 5.41) is 8.61. The number of benzene rings is 1. The third-order valence-electron chi connectivity index (χ3n) is 10.1. The number of hydrogen-bond acceptors (Lipinski definition) is 8. The number of carbonyl (C=O) groups is 3. The molecule has 256 valence electrons. The van der Waals surface area contributed by atoms with E-state index in [1.165, 1.54) is 0 Å². The topological polar surface area (TPSA) is 125 Å². The number of aryl methyl sites for hydroxylation is 1. The first-order chi connectivity index (χ1) is 23.1. The summed E-state index contributed by atoms with van der Waals surface area (Å²) in [6.45, 7) is 8.74. The van der Waals surface area contributed by atoms with Crippen LogP contribution >= 0.6 is 0 Å². The second kappa shape index (κ2) is 13.6. The van der Waals surface area contributed by atoms with Crippen molar-refractivity contribution < 1.29 is 28.6 Å². The monoisotopic (exact) mass is 657 g/mol. The van der Waals surface area contributed by atoms with Crippen LogP contribution in [-0.4, -0.2) is 76.4 Å². The van der Waals surface area contributed by atoms with Crippen molar-refractivity contribution in [3.8, 4) is 17.3 Å². The van der Waals surface area contributed by atoms with Gasteiger partial charge >= 0.3 is 5.97 Å². The number of methoxy groups -OCH3 is 1. The molecule has 2 fully saturated rings. The van der Waals surface area contributed by atoms with Gasteiger partial charge in [-0.25, -0.2) is 14.5 Å². The Morgan fingerprint density at radius 3 is 2.65 bits per heavy atom. The molecule has 1 aromatic carbocycles. The third-order valence-corrected chi connectivity index (χ3v) is 10.1. The number of fused-ring (bicyclic) bond motifs is 3. The second-order valence-electron chi connectivity index (χ2n) is 13.7. The number of pyridine rings is 1. The van der Waals surface area contributed by atoms with Crippen molar-refractivity contribution >= 4 is 28.7 Å². The van der Waals surface area contributed by atoms with E-state index in [2.05, 4.69) is 25.2 Å². The average Bonchev–Trinajstić information content (AvgIpc) is 3.37. The molecule has 6 rings (SSSR count). The Hall–Kier alpha value is -4.41. The molecule has 48 heavy (non-hydrogen) atoms. The van der Waals surface area contributed by atoms with Gasteiger partial charge in [0.2, 0.25) is 11.8 Å². The number of allylic oxidation sites excluding steroid dienone is 1. The summed E-state index contributed by atoms with van der Waals surface area (Å²) in [6.07, 6.45) is 9.36. The highest BCUT2D eigenvalue weighted by Gasteiger charge is 2.62. The summed E-state index contributed by atoms with van der Waals surface area (Å²) in [6, 6.07) is 7.67. The van der Waals surface area contributed by atoms with Gasteiger partial charge in [0.1, 0.15) is 23.1 Å². The normalized spacial score (nSPS) is 26.1. The molecule has 3 aliphatic rings. The van der Waals surface area contributed by atoms with Crippen LogP contribution in [0.25, 0.3) is 16.7 Å². The molecule has 0 saturated heterocycles. The summed E-state index contributed by atoms with van der Waals surface area (Å²) < 4.78 is 19.5. The van der Waals surface area contributed by atoms with Crippen molar-refractivity contribution in [2.45, 2.75) is 83.8 Å². The van der Waals surface area contributed by atoms with E-state index in [0.29, 0.717) is 43.1 Å². The van der Waals surface area contributed by atoms with Crippen LogP contribution in [0.3, 0.4) is 0 Å². The fraction of sp³-hybridized carbons (Fsp3) is 0.541. The van der Waals surface area contributed by atoms with Gasteiger partial charge in [-0.1, -0.05) is 26.0 Å². The molecule has 0 spiro atoms. The molecule has 2 saturated carbocycles. The van der Waals surface area contributed by atoms with Gasteiger partial charge in [0.25, 0.3) is 0 Å². The molecule has 1 aliphatic heterocycles. The number of hydrogen-bond donors (Lipinski definition) is 1. The van der Waals surface area contributed by atoms with Gasteiger partial charge in [-0.15, -0.1) is 0 Å². The number of amides is 2. The lowest BCUT2D eigenvalue weighted by Gasteiger charge is -2.26. The largest absolute Gasteiger partial charge is 0.496 e. The number of esters is 1. The van der Waals surface area contributed by atoms with Crippen LogP contribution in [0.15, 0.2) is 42.6 Å². The first-order valence-corrected chi connectivity index (χ1v) is 17.2. The zero-order valence-electron chi connectivity index (χ0n) is 28.8. The highest BCUT2D eigenvalue weighted by molar-refractivity contribution is 5.95. The van der Waals surface area contributed by atoms with E-state index in [1.54, 1.807) is 30.7 Å². The number of carbonyl (C=O) groups excluding carboxylic acids is 3. The van der Waals surface area contributed by atoms with E-state index in [4.69, 9.17) is 24.3 Å². The van der Waals surface area contributed by atoms with Crippen LogP contribution in [-0.2, 0) is 19.1 Å². The first-order valence-electron chi connectivity index (χ1n) is 17.2. The number of aromatic nitrogens is 3.